The Hall–Kier alpha value is 0.0974. The summed E-state index contributed by atoms with van der Waals surface area (Å²) in [7, 11) is 0. The van der Waals surface area contributed by atoms with Gasteiger partial charge in [-0.3, -0.25) is 0 Å². The minimum absolute atomic E-state index is 0. The van der Waals surface area contributed by atoms with E-state index >= 15 is 0 Å². The summed E-state index contributed by atoms with van der Waals surface area (Å²) in [5.74, 6) is 0. The Morgan fingerprint density at radius 2 is 2.43 bits per heavy atom. The van der Waals surface area contributed by atoms with E-state index in [0.29, 0.717) is 6.54 Å². The van der Waals surface area contributed by atoms with Crippen molar-refractivity contribution in [2.75, 3.05) is 13.1 Å². The van der Waals surface area contributed by atoms with Crippen molar-refractivity contribution in [1.82, 2.24) is 5.32 Å². The van der Waals surface area contributed by atoms with Gasteiger partial charge in [0.1, 0.15) is 0 Å². The molecule has 0 heterocycles. The zero-order valence-corrected chi connectivity index (χ0v) is 4.78. The maximum atomic E-state index is 5.10. The first-order valence-corrected chi connectivity index (χ1v) is 1.96. The molecule has 0 amide bonds. The zero-order valence-electron chi connectivity index (χ0n) is 5.78. The van der Waals surface area contributed by atoms with E-state index in [1.54, 1.807) is 6.20 Å². The van der Waals surface area contributed by atoms with Crippen LogP contribution in [0.3, 0.4) is 0 Å². The van der Waals surface area contributed by atoms with E-state index in [1.807, 2.05) is 0 Å². The van der Waals surface area contributed by atoms with E-state index in [4.69, 9.17) is 5.73 Å². The fourth-order valence-electron chi connectivity index (χ4n) is 0.185. The van der Waals surface area contributed by atoms with Gasteiger partial charge in [-0.05, 0) is 6.20 Å². The minimum Gasteiger partial charge on any atom is -1.00 e. The molecular formula is C4H11LiN2. The molecule has 0 aliphatic heterocycles. The first kappa shape index (κ1) is 10.2. The Bertz CT molecular complexity index is 43.0. The molecule has 0 unspecified atom stereocenters. The van der Waals surface area contributed by atoms with E-state index in [-0.39, 0.29) is 20.3 Å². The Morgan fingerprint density at radius 1 is 1.86 bits per heavy atom. The molecule has 0 aliphatic rings. The monoisotopic (exact) mass is 94.1 g/mol. The van der Waals surface area contributed by atoms with Crippen molar-refractivity contribution in [2.24, 2.45) is 5.73 Å². The van der Waals surface area contributed by atoms with Crippen LogP contribution >= 0.6 is 0 Å². The Labute approximate surface area is 57.8 Å². The molecule has 3 N–H and O–H groups in total. The second-order valence-corrected chi connectivity index (χ2v) is 0.947. The van der Waals surface area contributed by atoms with Crippen molar-refractivity contribution in [3.8, 4) is 0 Å². The van der Waals surface area contributed by atoms with Gasteiger partial charge in [0.2, 0.25) is 0 Å². The quantitative estimate of drug-likeness (QED) is 0.285. The van der Waals surface area contributed by atoms with Crippen molar-refractivity contribution < 1.29 is 20.3 Å². The van der Waals surface area contributed by atoms with Gasteiger partial charge in [0, 0.05) is 13.1 Å². The number of nitrogens with one attached hydrogen (secondary N) is 1. The van der Waals surface area contributed by atoms with Gasteiger partial charge in [-0.15, -0.1) is 0 Å². The van der Waals surface area contributed by atoms with Crippen molar-refractivity contribution >= 4 is 0 Å². The molecule has 0 saturated carbocycles. The third kappa shape index (κ3) is 10.7. The molecule has 2 nitrogen and oxygen atoms in total. The minimum atomic E-state index is 0. The molecule has 0 atom stereocenters. The van der Waals surface area contributed by atoms with Crippen molar-refractivity contribution in [3.63, 3.8) is 0 Å². The second kappa shape index (κ2) is 9.44. The molecule has 0 aromatic rings. The van der Waals surface area contributed by atoms with Crippen LogP contribution in [0.25, 0.3) is 0 Å². The molecule has 7 heavy (non-hydrogen) atoms. The summed E-state index contributed by atoms with van der Waals surface area (Å²) in [4.78, 5) is 0. The Kier molecular flexibility index (Phi) is 13.7. The molecule has 0 fully saturated rings. The molecule has 38 valence electrons. The molecule has 3 heteroatoms. The third-order valence-corrected chi connectivity index (χ3v) is 0.433. The van der Waals surface area contributed by atoms with Crippen LogP contribution in [0.2, 0.25) is 0 Å². The zero-order chi connectivity index (χ0) is 4.83. The van der Waals surface area contributed by atoms with Crippen LogP contribution in [0.1, 0.15) is 1.43 Å². The van der Waals surface area contributed by atoms with Crippen LogP contribution in [-0.2, 0) is 0 Å². The molecule has 0 spiro atoms. The van der Waals surface area contributed by atoms with Crippen LogP contribution in [0.4, 0.5) is 0 Å². The first-order valence-electron chi connectivity index (χ1n) is 1.96. The fraction of sp³-hybridized carbons (Fsp3) is 0.500. The van der Waals surface area contributed by atoms with Crippen LogP contribution in [-0.4, -0.2) is 13.1 Å². The van der Waals surface area contributed by atoms with Crippen LogP contribution in [0, 0.1) is 0 Å². The normalized spacial score (nSPS) is 6.43. The standard InChI is InChI=1S/C4H10N2.Li.H/c1-2-6-4-3-5;;/h2,6H,1,3-5H2;;/q;+1;-1. The molecule has 0 bridgehead atoms. The molecule has 0 aliphatic carbocycles. The molecule has 0 radical (unpaired) electrons. The molecule has 0 saturated heterocycles. The first-order chi connectivity index (χ1) is 2.91. The summed E-state index contributed by atoms with van der Waals surface area (Å²) in [5, 5.41) is 2.84. The summed E-state index contributed by atoms with van der Waals surface area (Å²) < 4.78 is 0. The predicted molar refractivity (Wildman–Crippen MR) is 28.4 cm³/mol. The van der Waals surface area contributed by atoms with Gasteiger partial charge in [-0.1, -0.05) is 6.58 Å². The molecular weight excluding hydrogens is 83.0 g/mol. The van der Waals surface area contributed by atoms with E-state index < -0.39 is 0 Å². The van der Waals surface area contributed by atoms with Crippen molar-refractivity contribution in [2.45, 2.75) is 0 Å². The van der Waals surface area contributed by atoms with Gasteiger partial charge in [-0.25, -0.2) is 0 Å². The number of hydrogen-bond donors (Lipinski definition) is 2. The maximum absolute atomic E-state index is 5.10. The summed E-state index contributed by atoms with van der Waals surface area (Å²) >= 11 is 0. The fourth-order valence-corrected chi connectivity index (χ4v) is 0.185. The maximum Gasteiger partial charge on any atom is 1.00 e. The van der Waals surface area contributed by atoms with Gasteiger partial charge in [0.05, 0.1) is 0 Å². The Balaban J connectivity index is -0.000000125. The predicted octanol–water partition coefficient (Wildman–Crippen LogP) is -3.21. The SMILES string of the molecule is C=CNCCN.[H-].[Li+]. The summed E-state index contributed by atoms with van der Waals surface area (Å²) in [5.41, 5.74) is 5.10. The largest absolute Gasteiger partial charge is 1.00 e. The molecule has 0 aromatic carbocycles. The average molecular weight is 94.1 g/mol. The average Bonchev–Trinajstić information content (AvgIpc) is 1.61. The third-order valence-electron chi connectivity index (χ3n) is 0.433. The number of hydrogen-bond acceptors (Lipinski definition) is 2. The van der Waals surface area contributed by atoms with Gasteiger partial charge in [0.25, 0.3) is 0 Å². The van der Waals surface area contributed by atoms with Gasteiger partial charge in [0.15, 0.2) is 0 Å². The van der Waals surface area contributed by atoms with Crippen LogP contribution in [0.15, 0.2) is 12.8 Å². The summed E-state index contributed by atoms with van der Waals surface area (Å²) in [6.45, 7) is 4.93. The summed E-state index contributed by atoms with van der Waals surface area (Å²) in [6, 6.07) is 0. The van der Waals surface area contributed by atoms with Crippen LogP contribution in [0.5, 0.6) is 0 Å². The van der Waals surface area contributed by atoms with Gasteiger partial charge >= 0.3 is 18.9 Å². The summed E-state index contributed by atoms with van der Waals surface area (Å²) in [6.07, 6.45) is 1.63. The van der Waals surface area contributed by atoms with E-state index in [0.717, 1.165) is 6.54 Å². The van der Waals surface area contributed by atoms with Gasteiger partial charge < -0.3 is 12.5 Å². The number of rotatable bonds is 3. The van der Waals surface area contributed by atoms with E-state index in [1.165, 1.54) is 0 Å². The molecule has 0 aromatic heterocycles. The Morgan fingerprint density at radius 3 is 2.57 bits per heavy atom. The number of nitrogens with two attached hydrogens (primary N) is 1. The van der Waals surface area contributed by atoms with Gasteiger partial charge in [-0.2, -0.15) is 0 Å². The van der Waals surface area contributed by atoms with Crippen LogP contribution < -0.4 is 29.9 Å². The van der Waals surface area contributed by atoms with E-state index in [2.05, 4.69) is 11.9 Å². The smallest absolute Gasteiger partial charge is 1.00 e. The van der Waals surface area contributed by atoms with Crippen molar-refractivity contribution in [1.29, 1.82) is 0 Å². The molecule has 0 rings (SSSR count). The van der Waals surface area contributed by atoms with E-state index in [9.17, 15) is 0 Å². The second-order valence-electron chi connectivity index (χ2n) is 0.947. The van der Waals surface area contributed by atoms with Crippen molar-refractivity contribution in [3.05, 3.63) is 12.8 Å². The topological polar surface area (TPSA) is 38.0 Å².